The summed E-state index contributed by atoms with van der Waals surface area (Å²) in [5.41, 5.74) is 1.66. The second-order valence-corrected chi connectivity index (χ2v) is 7.90. The minimum atomic E-state index is -0.921. The van der Waals surface area contributed by atoms with Crippen LogP contribution in [-0.2, 0) is 9.59 Å². The van der Waals surface area contributed by atoms with Crippen molar-refractivity contribution in [2.24, 2.45) is 0 Å². The van der Waals surface area contributed by atoms with E-state index in [2.05, 4.69) is 0 Å². The van der Waals surface area contributed by atoms with Crippen molar-refractivity contribution >= 4 is 46.3 Å². The Balaban J connectivity index is 1.95. The molecule has 7 heteroatoms. The fourth-order valence-corrected chi connectivity index (χ4v) is 3.84. The van der Waals surface area contributed by atoms with Crippen LogP contribution in [0, 0.1) is 13.8 Å². The van der Waals surface area contributed by atoms with E-state index in [1.165, 1.54) is 23.1 Å². The van der Waals surface area contributed by atoms with Crippen molar-refractivity contribution in [2.45, 2.75) is 19.9 Å². The Morgan fingerprint density at radius 1 is 1.00 bits per heavy atom. The monoisotopic (exact) mass is 441 g/mol. The molecule has 152 valence electrons. The van der Waals surface area contributed by atoms with Gasteiger partial charge in [-0.1, -0.05) is 35.3 Å². The quantitative estimate of drug-likeness (QED) is 0.315. The second-order valence-electron chi connectivity index (χ2n) is 7.09. The van der Waals surface area contributed by atoms with Crippen LogP contribution in [0.4, 0.5) is 5.69 Å². The van der Waals surface area contributed by atoms with E-state index in [0.717, 1.165) is 5.56 Å². The minimum Gasteiger partial charge on any atom is -0.507 e. The number of furan rings is 1. The summed E-state index contributed by atoms with van der Waals surface area (Å²) in [7, 11) is 0. The van der Waals surface area contributed by atoms with E-state index in [4.69, 9.17) is 27.6 Å². The average Bonchev–Trinajstić information content (AvgIpc) is 3.25. The summed E-state index contributed by atoms with van der Waals surface area (Å²) in [6, 6.07) is 14.2. The van der Waals surface area contributed by atoms with Crippen LogP contribution in [0.2, 0.25) is 10.0 Å². The largest absolute Gasteiger partial charge is 0.507 e. The van der Waals surface area contributed by atoms with Gasteiger partial charge in [0.1, 0.15) is 23.3 Å². The molecule has 1 amide bonds. The molecular formula is C23H17Cl2NO4. The first-order valence-corrected chi connectivity index (χ1v) is 9.93. The molecule has 0 bridgehead atoms. The molecule has 0 spiro atoms. The number of carbonyl (C=O) groups excluding carboxylic acids is 2. The highest BCUT2D eigenvalue weighted by molar-refractivity contribution is 6.51. The summed E-state index contributed by atoms with van der Waals surface area (Å²) < 4.78 is 5.77. The highest BCUT2D eigenvalue weighted by Gasteiger charge is 2.48. The smallest absolute Gasteiger partial charge is 0.300 e. The molecule has 1 atom stereocenters. The van der Waals surface area contributed by atoms with Crippen LogP contribution in [0.5, 0.6) is 0 Å². The van der Waals surface area contributed by atoms with Crippen molar-refractivity contribution in [3.63, 3.8) is 0 Å². The van der Waals surface area contributed by atoms with Gasteiger partial charge in [-0.15, -0.1) is 0 Å². The fourth-order valence-electron chi connectivity index (χ4n) is 3.55. The zero-order chi connectivity index (χ0) is 21.6. The van der Waals surface area contributed by atoms with Gasteiger partial charge < -0.3 is 9.52 Å². The summed E-state index contributed by atoms with van der Waals surface area (Å²) in [5, 5.41) is 11.6. The molecular weight excluding hydrogens is 425 g/mol. The Morgan fingerprint density at radius 3 is 2.40 bits per heavy atom. The number of ketones is 1. The van der Waals surface area contributed by atoms with Gasteiger partial charge in [0.2, 0.25) is 0 Å². The third-order valence-corrected chi connectivity index (χ3v) is 5.69. The van der Waals surface area contributed by atoms with Gasteiger partial charge in [-0.05, 0) is 61.9 Å². The lowest BCUT2D eigenvalue weighted by Crippen LogP contribution is -2.29. The molecule has 1 aromatic heterocycles. The second kappa shape index (κ2) is 7.67. The Morgan fingerprint density at radius 2 is 1.77 bits per heavy atom. The Hall–Kier alpha value is -3.02. The number of aliphatic hydroxyl groups excluding tert-OH is 1. The number of Topliss-reactive ketones (excluding diaryl/α,β-unsaturated/α-hetero) is 1. The van der Waals surface area contributed by atoms with Crippen LogP contribution in [0.25, 0.3) is 5.76 Å². The van der Waals surface area contributed by atoms with E-state index in [-0.39, 0.29) is 21.9 Å². The maximum absolute atomic E-state index is 13.0. The topological polar surface area (TPSA) is 70.8 Å². The molecule has 3 aromatic rings. The van der Waals surface area contributed by atoms with Crippen molar-refractivity contribution in [3.05, 3.63) is 92.9 Å². The first-order chi connectivity index (χ1) is 14.3. The van der Waals surface area contributed by atoms with E-state index in [1.807, 2.05) is 13.0 Å². The first-order valence-electron chi connectivity index (χ1n) is 9.17. The van der Waals surface area contributed by atoms with E-state index >= 15 is 0 Å². The number of hydrogen-bond donors (Lipinski definition) is 1. The van der Waals surface area contributed by atoms with Gasteiger partial charge in [-0.3, -0.25) is 14.5 Å². The van der Waals surface area contributed by atoms with E-state index in [0.29, 0.717) is 22.2 Å². The molecule has 1 aliphatic heterocycles. The Labute approximate surface area is 183 Å². The van der Waals surface area contributed by atoms with Crippen LogP contribution >= 0.6 is 23.2 Å². The van der Waals surface area contributed by atoms with E-state index in [9.17, 15) is 14.7 Å². The van der Waals surface area contributed by atoms with Crippen LogP contribution in [0.1, 0.15) is 28.7 Å². The number of nitrogens with zero attached hydrogens (tertiary/aromatic N) is 1. The van der Waals surface area contributed by atoms with E-state index < -0.39 is 17.7 Å². The number of amides is 1. The molecule has 30 heavy (non-hydrogen) atoms. The number of halogens is 2. The molecule has 1 aliphatic rings. The molecule has 1 N–H and O–H groups in total. The normalized spacial score (nSPS) is 18.3. The number of carbonyl (C=O) groups is 2. The van der Waals surface area contributed by atoms with Crippen molar-refractivity contribution in [1.29, 1.82) is 0 Å². The number of benzene rings is 2. The third kappa shape index (κ3) is 3.40. The van der Waals surface area contributed by atoms with Crippen LogP contribution < -0.4 is 4.90 Å². The average molecular weight is 442 g/mol. The summed E-state index contributed by atoms with van der Waals surface area (Å²) in [6.45, 7) is 3.66. The molecule has 0 saturated carbocycles. The molecule has 2 heterocycles. The zero-order valence-electron chi connectivity index (χ0n) is 16.1. The summed E-state index contributed by atoms with van der Waals surface area (Å²) in [6.07, 6.45) is 0. The van der Waals surface area contributed by atoms with Gasteiger partial charge in [0.15, 0.2) is 0 Å². The molecule has 0 radical (unpaired) electrons. The molecule has 2 aromatic carbocycles. The summed E-state index contributed by atoms with van der Waals surface area (Å²) in [4.78, 5) is 27.4. The number of rotatable bonds is 3. The standard InChI is InChI=1S/C23H17Cl2NO4/c1-12-4-3-5-15(10-12)26-20(18-9-6-13(2)30-18)19(22(28)23(26)29)21(27)14-7-8-16(24)17(25)11-14/h3-11,20,27H,1-2H3/b21-19-. The van der Waals surface area contributed by atoms with Gasteiger partial charge in [-0.25, -0.2) is 0 Å². The number of anilines is 1. The molecule has 4 rings (SSSR count). The Kier molecular flexibility index (Phi) is 5.18. The molecule has 1 unspecified atom stereocenters. The highest BCUT2D eigenvalue weighted by Crippen LogP contribution is 2.43. The van der Waals surface area contributed by atoms with E-state index in [1.54, 1.807) is 37.3 Å². The Bertz CT molecular complexity index is 1210. The molecule has 0 aliphatic carbocycles. The first kappa shape index (κ1) is 20.3. The van der Waals surface area contributed by atoms with Gasteiger partial charge >= 0.3 is 0 Å². The van der Waals surface area contributed by atoms with Crippen molar-refractivity contribution in [1.82, 2.24) is 0 Å². The highest BCUT2D eigenvalue weighted by atomic mass is 35.5. The minimum absolute atomic E-state index is 0.0748. The molecule has 1 fully saturated rings. The van der Waals surface area contributed by atoms with Crippen LogP contribution in [-0.4, -0.2) is 16.8 Å². The fraction of sp³-hybridized carbons (Fsp3) is 0.130. The number of aryl methyl sites for hydroxylation is 2. The molecule has 5 nitrogen and oxygen atoms in total. The predicted molar refractivity (Wildman–Crippen MR) is 116 cm³/mol. The predicted octanol–water partition coefficient (Wildman–Crippen LogP) is 5.83. The maximum Gasteiger partial charge on any atom is 0.300 e. The number of hydrogen-bond acceptors (Lipinski definition) is 4. The lowest BCUT2D eigenvalue weighted by atomic mass is 9.99. The van der Waals surface area contributed by atoms with Gasteiger partial charge in [-0.2, -0.15) is 0 Å². The number of aliphatic hydroxyl groups is 1. The summed E-state index contributed by atoms with van der Waals surface area (Å²) in [5.74, 6) is -0.911. The lowest BCUT2D eigenvalue weighted by molar-refractivity contribution is -0.132. The zero-order valence-corrected chi connectivity index (χ0v) is 17.7. The van der Waals surface area contributed by atoms with Crippen LogP contribution in [0.15, 0.2) is 64.6 Å². The van der Waals surface area contributed by atoms with Crippen molar-refractivity contribution < 1.29 is 19.1 Å². The summed E-state index contributed by atoms with van der Waals surface area (Å²) >= 11 is 12.1. The van der Waals surface area contributed by atoms with Crippen LogP contribution in [0.3, 0.4) is 0 Å². The third-order valence-electron chi connectivity index (χ3n) is 4.95. The van der Waals surface area contributed by atoms with Crippen molar-refractivity contribution in [3.8, 4) is 0 Å². The maximum atomic E-state index is 13.0. The lowest BCUT2D eigenvalue weighted by Gasteiger charge is -2.23. The SMILES string of the molecule is Cc1cccc(N2C(=O)C(=O)/C(=C(\O)c3ccc(Cl)c(Cl)c3)C2c2ccc(C)o2)c1. The molecule has 1 saturated heterocycles. The van der Waals surface area contributed by atoms with Crippen molar-refractivity contribution in [2.75, 3.05) is 4.90 Å². The van der Waals surface area contributed by atoms with Gasteiger partial charge in [0, 0.05) is 11.3 Å². The van der Waals surface area contributed by atoms with Gasteiger partial charge in [0.05, 0.1) is 15.6 Å². The van der Waals surface area contributed by atoms with Gasteiger partial charge in [0.25, 0.3) is 11.7 Å².